The smallest absolute Gasteiger partial charge is 0.243 e. The molecule has 0 N–H and O–H groups in total. The molecule has 2 fully saturated rings. The van der Waals surface area contributed by atoms with Gasteiger partial charge in [0.25, 0.3) is 0 Å². The second-order valence-corrected chi connectivity index (χ2v) is 9.69. The van der Waals surface area contributed by atoms with E-state index in [1.807, 2.05) is 42.5 Å². The number of benzene rings is 2. The minimum Gasteiger partial charge on any atom is -0.378 e. The largest absolute Gasteiger partial charge is 0.378 e. The minimum atomic E-state index is -3.53. The molecule has 1 aromatic heterocycles. The summed E-state index contributed by atoms with van der Waals surface area (Å²) in [6.07, 6.45) is 0. The van der Waals surface area contributed by atoms with Gasteiger partial charge in [-0.1, -0.05) is 30.3 Å². The van der Waals surface area contributed by atoms with Gasteiger partial charge in [-0.05, 0) is 35.0 Å². The molecular formula is C22H25N5O3S. The van der Waals surface area contributed by atoms with Gasteiger partial charge in [-0.25, -0.2) is 8.42 Å². The standard InChI is InChI=1S/C22H25N5O3S/c28-31(29,20-6-5-18-3-1-2-4-19(18)17-20)27-11-9-25(10-12-27)21-7-8-22(24-23-21)26-13-15-30-16-14-26/h1-8,17H,9-16H2. The summed E-state index contributed by atoms with van der Waals surface area (Å²) in [7, 11) is -3.53. The van der Waals surface area contributed by atoms with Crippen LogP contribution in [0.15, 0.2) is 59.5 Å². The normalized spacial score (nSPS) is 18.5. The predicted molar refractivity (Wildman–Crippen MR) is 120 cm³/mol. The zero-order valence-electron chi connectivity index (χ0n) is 17.2. The molecule has 31 heavy (non-hydrogen) atoms. The molecule has 0 atom stereocenters. The van der Waals surface area contributed by atoms with Gasteiger partial charge in [0.05, 0.1) is 18.1 Å². The van der Waals surface area contributed by atoms with Crippen LogP contribution in [0.2, 0.25) is 0 Å². The Bertz CT molecular complexity index is 1160. The van der Waals surface area contributed by atoms with Crippen LogP contribution >= 0.6 is 0 Å². The van der Waals surface area contributed by atoms with E-state index in [1.54, 1.807) is 16.4 Å². The lowest BCUT2D eigenvalue weighted by molar-refractivity contribution is 0.122. The van der Waals surface area contributed by atoms with Crippen LogP contribution < -0.4 is 9.80 Å². The van der Waals surface area contributed by atoms with E-state index in [0.717, 1.165) is 35.5 Å². The first-order valence-corrected chi connectivity index (χ1v) is 12.0. The van der Waals surface area contributed by atoms with Gasteiger partial charge in [-0.15, -0.1) is 10.2 Å². The monoisotopic (exact) mass is 439 g/mol. The Hall–Kier alpha value is -2.75. The first kappa shape index (κ1) is 20.2. The van der Waals surface area contributed by atoms with Gasteiger partial charge >= 0.3 is 0 Å². The summed E-state index contributed by atoms with van der Waals surface area (Å²) in [5.74, 6) is 1.63. The van der Waals surface area contributed by atoms with Crippen molar-refractivity contribution in [2.24, 2.45) is 0 Å². The molecule has 5 rings (SSSR count). The highest BCUT2D eigenvalue weighted by atomic mass is 32.2. The molecule has 162 valence electrons. The SMILES string of the molecule is O=S(=O)(c1ccc2ccccc2c1)N1CCN(c2ccc(N3CCOCC3)nn2)CC1. The lowest BCUT2D eigenvalue weighted by atomic mass is 10.1. The zero-order chi connectivity index (χ0) is 21.3. The van der Waals surface area contributed by atoms with Crippen molar-refractivity contribution in [3.8, 4) is 0 Å². The highest BCUT2D eigenvalue weighted by molar-refractivity contribution is 7.89. The second-order valence-electron chi connectivity index (χ2n) is 7.75. The first-order valence-electron chi connectivity index (χ1n) is 10.5. The van der Waals surface area contributed by atoms with Crippen LogP contribution in [-0.2, 0) is 14.8 Å². The summed E-state index contributed by atoms with van der Waals surface area (Å²) in [6, 6.07) is 17.0. The van der Waals surface area contributed by atoms with E-state index in [4.69, 9.17) is 4.74 Å². The summed E-state index contributed by atoms with van der Waals surface area (Å²) in [5, 5.41) is 10.7. The highest BCUT2D eigenvalue weighted by Gasteiger charge is 2.29. The molecule has 0 bridgehead atoms. The Kier molecular flexibility index (Phi) is 5.47. The van der Waals surface area contributed by atoms with Gasteiger partial charge in [-0.2, -0.15) is 4.31 Å². The number of hydrogen-bond acceptors (Lipinski definition) is 7. The number of sulfonamides is 1. The van der Waals surface area contributed by atoms with Crippen LogP contribution in [0.5, 0.6) is 0 Å². The van der Waals surface area contributed by atoms with Crippen LogP contribution in [-0.4, -0.2) is 75.4 Å². The number of nitrogens with zero attached hydrogens (tertiary/aromatic N) is 5. The summed E-state index contributed by atoms with van der Waals surface area (Å²) >= 11 is 0. The molecule has 2 aliphatic heterocycles. The summed E-state index contributed by atoms with van der Waals surface area (Å²) in [4.78, 5) is 4.59. The van der Waals surface area contributed by atoms with Crippen molar-refractivity contribution < 1.29 is 13.2 Å². The minimum absolute atomic E-state index is 0.342. The quantitative estimate of drug-likeness (QED) is 0.615. The van der Waals surface area contributed by atoms with Crippen molar-refractivity contribution in [2.75, 3.05) is 62.3 Å². The van der Waals surface area contributed by atoms with Crippen molar-refractivity contribution >= 4 is 32.4 Å². The molecule has 2 aliphatic rings. The number of ether oxygens (including phenoxy) is 1. The molecule has 0 aliphatic carbocycles. The van der Waals surface area contributed by atoms with Crippen LogP contribution in [0.1, 0.15) is 0 Å². The maximum absolute atomic E-state index is 13.2. The molecule has 2 aromatic carbocycles. The summed E-state index contributed by atoms with van der Waals surface area (Å²) in [5.41, 5.74) is 0. The third kappa shape index (κ3) is 4.08. The van der Waals surface area contributed by atoms with Gasteiger partial charge in [0.2, 0.25) is 10.0 Å². The molecule has 0 amide bonds. The first-order chi connectivity index (χ1) is 15.1. The molecule has 0 radical (unpaired) electrons. The third-order valence-electron chi connectivity index (χ3n) is 5.89. The van der Waals surface area contributed by atoms with Gasteiger partial charge < -0.3 is 14.5 Å². The molecule has 3 heterocycles. The number of morpholine rings is 1. The van der Waals surface area contributed by atoms with Crippen molar-refractivity contribution in [3.63, 3.8) is 0 Å². The third-order valence-corrected chi connectivity index (χ3v) is 7.79. The summed E-state index contributed by atoms with van der Waals surface area (Å²) in [6.45, 7) is 5.05. The fourth-order valence-electron chi connectivity index (χ4n) is 4.08. The molecular weight excluding hydrogens is 414 g/mol. The van der Waals surface area contributed by atoms with E-state index in [-0.39, 0.29) is 0 Å². The van der Waals surface area contributed by atoms with Crippen LogP contribution in [0.3, 0.4) is 0 Å². The van der Waals surface area contributed by atoms with E-state index >= 15 is 0 Å². The van der Waals surface area contributed by atoms with Crippen molar-refractivity contribution in [3.05, 3.63) is 54.6 Å². The Labute approximate surface area is 182 Å². The van der Waals surface area contributed by atoms with Crippen molar-refractivity contribution in [1.29, 1.82) is 0 Å². The van der Waals surface area contributed by atoms with Crippen LogP contribution in [0.4, 0.5) is 11.6 Å². The number of hydrogen-bond donors (Lipinski definition) is 0. The summed E-state index contributed by atoms with van der Waals surface area (Å²) < 4.78 is 33.3. The fourth-order valence-corrected chi connectivity index (χ4v) is 5.54. The molecule has 0 saturated carbocycles. The lowest BCUT2D eigenvalue weighted by Gasteiger charge is -2.34. The van der Waals surface area contributed by atoms with E-state index in [9.17, 15) is 8.42 Å². The topological polar surface area (TPSA) is 78.9 Å². The number of rotatable bonds is 4. The Morgan fingerprint density at radius 1 is 0.710 bits per heavy atom. The Morgan fingerprint density at radius 2 is 1.32 bits per heavy atom. The molecule has 8 nitrogen and oxygen atoms in total. The number of piperazine rings is 1. The molecule has 3 aromatic rings. The van der Waals surface area contributed by atoms with Gasteiger partial charge in [0.15, 0.2) is 11.6 Å². The van der Waals surface area contributed by atoms with Crippen LogP contribution in [0, 0.1) is 0 Å². The predicted octanol–water partition coefficient (Wildman–Crippen LogP) is 1.98. The average Bonchev–Trinajstić information content (AvgIpc) is 2.84. The Morgan fingerprint density at radius 3 is 1.97 bits per heavy atom. The fraction of sp³-hybridized carbons (Fsp3) is 0.364. The van der Waals surface area contributed by atoms with Gasteiger partial charge in [-0.3, -0.25) is 0 Å². The maximum Gasteiger partial charge on any atom is 0.243 e. The molecule has 2 saturated heterocycles. The Balaban J connectivity index is 1.26. The van der Waals surface area contributed by atoms with Crippen molar-refractivity contribution in [1.82, 2.24) is 14.5 Å². The highest BCUT2D eigenvalue weighted by Crippen LogP contribution is 2.24. The number of anilines is 2. The van der Waals surface area contributed by atoms with E-state index in [0.29, 0.717) is 44.3 Å². The van der Waals surface area contributed by atoms with Crippen LogP contribution in [0.25, 0.3) is 10.8 Å². The van der Waals surface area contributed by atoms with E-state index < -0.39 is 10.0 Å². The van der Waals surface area contributed by atoms with Gasteiger partial charge in [0, 0.05) is 39.3 Å². The van der Waals surface area contributed by atoms with E-state index in [2.05, 4.69) is 20.0 Å². The molecule has 0 spiro atoms. The maximum atomic E-state index is 13.2. The number of fused-ring (bicyclic) bond motifs is 1. The lowest BCUT2D eigenvalue weighted by Crippen LogP contribution is -2.49. The van der Waals surface area contributed by atoms with Gasteiger partial charge in [0.1, 0.15) is 0 Å². The molecule has 9 heteroatoms. The average molecular weight is 440 g/mol. The molecule has 0 unspecified atom stereocenters. The van der Waals surface area contributed by atoms with Crippen molar-refractivity contribution in [2.45, 2.75) is 4.90 Å². The van der Waals surface area contributed by atoms with E-state index in [1.165, 1.54) is 0 Å². The number of aromatic nitrogens is 2. The second kappa shape index (κ2) is 8.41. The zero-order valence-corrected chi connectivity index (χ0v) is 18.0.